The second kappa shape index (κ2) is 20.4. The van der Waals surface area contributed by atoms with Crippen molar-refractivity contribution < 1.29 is 57.6 Å². The molecule has 1 aromatic rings. The third kappa shape index (κ3) is 10.5. The molecule has 5 aliphatic rings. The van der Waals surface area contributed by atoms with Crippen LogP contribution in [0.4, 0.5) is 15.3 Å². The number of Topliss-reactive ketones (excluding diaryl/α,β-unsaturated/α-hetero) is 1. The first kappa shape index (κ1) is 50.3. The second-order valence-electron chi connectivity index (χ2n) is 20.2. The molecule has 1 aromatic carbocycles. The van der Waals surface area contributed by atoms with Crippen LogP contribution in [0.25, 0.3) is 0 Å². The van der Waals surface area contributed by atoms with Gasteiger partial charge in [0, 0.05) is 35.4 Å². The maximum atomic E-state index is 14.7. The smallest absolute Gasteiger partial charge is 0.408 e. The number of alkyl carbamates (subject to hydrolysis) is 1. The number of primary amides is 1. The fourth-order valence-electron chi connectivity index (χ4n) is 11.4. The lowest BCUT2D eigenvalue weighted by Gasteiger charge is -2.59. The molecule has 362 valence electrons. The molecule has 3 unspecified atom stereocenters. The Morgan fingerprint density at radius 3 is 2.45 bits per heavy atom. The molecule has 4 aliphatic carbocycles. The Labute approximate surface area is 387 Å². The molecule has 66 heavy (non-hydrogen) atoms. The number of nitrogens with two attached hydrogens (primary N) is 1. The van der Waals surface area contributed by atoms with Crippen molar-refractivity contribution in [2.45, 2.75) is 155 Å². The van der Waals surface area contributed by atoms with Gasteiger partial charge in [0.15, 0.2) is 24.3 Å². The number of allylic oxidation sites excluding steroid dienone is 4. The van der Waals surface area contributed by atoms with Crippen molar-refractivity contribution in [2.75, 3.05) is 18.5 Å². The lowest BCUT2D eigenvalue weighted by atomic mass is 9.46. The van der Waals surface area contributed by atoms with Gasteiger partial charge in [-0.2, -0.15) is 0 Å². The normalized spacial score (nSPS) is 30.1. The number of carbonyl (C=O) groups is 7. The monoisotopic (exact) mass is 919 g/mol. The predicted octanol–water partition coefficient (Wildman–Crippen LogP) is 5.28. The van der Waals surface area contributed by atoms with E-state index in [4.69, 9.17) is 24.7 Å². The number of aliphatic hydroxyl groups is 1. The highest BCUT2D eigenvalue weighted by atomic mass is 16.7. The average Bonchev–Trinajstić information content (AvgIpc) is 3.73. The maximum Gasteiger partial charge on any atom is 0.408 e. The molecule has 1 aliphatic heterocycles. The van der Waals surface area contributed by atoms with Crippen molar-refractivity contribution in [2.24, 2.45) is 40.2 Å². The van der Waals surface area contributed by atoms with Crippen LogP contribution in [-0.4, -0.2) is 95.4 Å². The molecule has 0 radical (unpaired) electrons. The van der Waals surface area contributed by atoms with E-state index in [1.807, 2.05) is 33.8 Å². The molecule has 5 amide bonds. The summed E-state index contributed by atoms with van der Waals surface area (Å²) in [6.07, 6.45) is 7.49. The van der Waals surface area contributed by atoms with E-state index < -0.39 is 82.9 Å². The number of aliphatic hydroxyl groups excluding tert-OH is 1. The summed E-state index contributed by atoms with van der Waals surface area (Å²) >= 11 is 0. The van der Waals surface area contributed by atoms with Gasteiger partial charge in [0.2, 0.25) is 17.6 Å². The van der Waals surface area contributed by atoms with Gasteiger partial charge >= 0.3 is 18.1 Å². The summed E-state index contributed by atoms with van der Waals surface area (Å²) in [5, 5.41) is 22.6. The Hall–Kier alpha value is -5.13. The van der Waals surface area contributed by atoms with E-state index in [0.717, 1.165) is 18.4 Å². The Balaban J connectivity index is 1.05. The van der Waals surface area contributed by atoms with Gasteiger partial charge in [0.05, 0.1) is 12.2 Å². The molecular formula is C49H69N5O12. The average molecular weight is 920 g/mol. The van der Waals surface area contributed by atoms with Crippen molar-refractivity contribution in [3.05, 3.63) is 53.6 Å². The number of rotatable bonds is 19. The lowest BCUT2D eigenvalue weighted by Crippen LogP contribution is -2.64. The van der Waals surface area contributed by atoms with Crippen LogP contribution in [0.1, 0.15) is 118 Å². The molecule has 3 saturated carbocycles. The summed E-state index contributed by atoms with van der Waals surface area (Å²) in [4.78, 5) is 90.7. The molecule has 7 N–H and O–H groups in total. The van der Waals surface area contributed by atoms with Gasteiger partial charge in [-0.15, -0.1) is 0 Å². The van der Waals surface area contributed by atoms with Crippen molar-refractivity contribution in [3.8, 4) is 0 Å². The van der Waals surface area contributed by atoms with Gasteiger partial charge in [-0.05, 0) is 113 Å². The van der Waals surface area contributed by atoms with Crippen LogP contribution >= 0.6 is 0 Å². The third-order valence-corrected chi connectivity index (χ3v) is 14.6. The van der Waals surface area contributed by atoms with E-state index in [1.165, 1.54) is 13.8 Å². The molecule has 17 nitrogen and oxygen atoms in total. The van der Waals surface area contributed by atoms with Crippen LogP contribution in [0, 0.1) is 34.5 Å². The largest absolute Gasteiger partial charge is 0.456 e. The number of benzene rings is 1. The first-order valence-corrected chi connectivity index (χ1v) is 23.5. The van der Waals surface area contributed by atoms with Crippen LogP contribution in [-0.2, 0) is 49.5 Å². The minimum absolute atomic E-state index is 0.0159. The number of carbonyl (C=O) groups excluding carboxylic acids is 7. The number of amides is 5. The number of urea groups is 1. The number of ketones is 2. The highest BCUT2D eigenvalue weighted by molar-refractivity contribution is 6.01. The van der Waals surface area contributed by atoms with Gasteiger partial charge in [-0.1, -0.05) is 64.8 Å². The maximum absolute atomic E-state index is 14.7. The summed E-state index contributed by atoms with van der Waals surface area (Å²) in [5.74, 6) is -2.47. The summed E-state index contributed by atoms with van der Waals surface area (Å²) in [7, 11) is 0. The van der Waals surface area contributed by atoms with Crippen molar-refractivity contribution in [1.29, 1.82) is 0 Å². The number of fused-ring (bicyclic) bond motifs is 7. The topological polar surface area (TPSA) is 251 Å². The quantitative estimate of drug-likeness (QED) is 0.0766. The Bertz CT molecular complexity index is 2090. The van der Waals surface area contributed by atoms with Gasteiger partial charge in [-0.3, -0.25) is 19.2 Å². The SMILES string of the molecule is CCCC1O[C@@H]2CC3[C@@H]4CCC5=CC(=O)C=C[C@]5(C)C4[C@@H](O)C[C@]3(C)[C@]2(C(=O)COC(=O)C(C)(C)NC(=O)[C@H](CC(C)C)NC(=O)OCc2ccc(NC(=O)CCCCNC(N)=O)cc2)O1. The Morgan fingerprint density at radius 1 is 1.05 bits per heavy atom. The predicted molar refractivity (Wildman–Crippen MR) is 242 cm³/mol. The molecule has 6 rings (SSSR count). The molecule has 0 spiro atoms. The lowest BCUT2D eigenvalue weighted by molar-refractivity contribution is -0.202. The number of unbranched alkanes of at least 4 members (excludes halogenated alkanes) is 1. The Kier molecular flexibility index (Phi) is 15.5. The van der Waals surface area contributed by atoms with Crippen LogP contribution in [0.5, 0.6) is 0 Å². The van der Waals surface area contributed by atoms with Gasteiger partial charge in [-0.25, -0.2) is 14.4 Å². The fourth-order valence-corrected chi connectivity index (χ4v) is 11.4. The molecule has 4 fully saturated rings. The number of anilines is 1. The number of hydrogen-bond acceptors (Lipinski definition) is 12. The summed E-state index contributed by atoms with van der Waals surface area (Å²) in [6, 6.07) is 5.03. The fraction of sp³-hybridized carbons (Fsp3) is 0.653. The zero-order chi connectivity index (χ0) is 48.2. The molecule has 10 atom stereocenters. The first-order chi connectivity index (χ1) is 31.1. The second-order valence-corrected chi connectivity index (χ2v) is 20.2. The molecule has 17 heteroatoms. The summed E-state index contributed by atoms with van der Waals surface area (Å²) < 4.78 is 24.4. The van der Waals surface area contributed by atoms with E-state index in [1.54, 1.807) is 36.4 Å². The molecular weight excluding hydrogens is 851 g/mol. The van der Waals surface area contributed by atoms with Crippen LogP contribution < -0.4 is 27.0 Å². The van der Waals surface area contributed by atoms with Gasteiger partial charge in [0.25, 0.3) is 0 Å². The number of ether oxygens (including phenoxy) is 4. The van der Waals surface area contributed by atoms with Crippen molar-refractivity contribution >= 4 is 47.2 Å². The van der Waals surface area contributed by atoms with Crippen molar-refractivity contribution in [1.82, 2.24) is 16.0 Å². The van der Waals surface area contributed by atoms with E-state index in [0.29, 0.717) is 49.9 Å². The van der Waals surface area contributed by atoms with Gasteiger partial charge < -0.3 is 51.1 Å². The van der Waals surface area contributed by atoms with E-state index in [2.05, 4.69) is 28.2 Å². The van der Waals surface area contributed by atoms with Gasteiger partial charge in [0.1, 0.15) is 18.2 Å². The molecule has 0 bridgehead atoms. The summed E-state index contributed by atoms with van der Waals surface area (Å²) in [6.45, 7) is 12.4. The van der Waals surface area contributed by atoms with Crippen molar-refractivity contribution in [3.63, 3.8) is 0 Å². The van der Waals surface area contributed by atoms with E-state index >= 15 is 0 Å². The van der Waals surface area contributed by atoms with Crippen LogP contribution in [0.2, 0.25) is 0 Å². The molecule has 1 saturated heterocycles. The first-order valence-electron chi connectivity index (χ1n) is 23.5. The van der Waals surface area contributed by atoms with Crippen LogP contribution in [0.3, 0.4) is 0 Å². The van der Waals surface area contributed by atoms with Crippen LogP contribution in [0.15, 0.2) is 48.1 Å². The standard InChI is InChI=1S/C49H69N5O12/c1-8-11-40-65-38-24-34-33-18-15-30-23-32(55)19-20-47(30,6)41(33)36(56)25-48(34,7)49(38,66-40)37(57)27-63-43(60)46(4,5)54-42(59)35(22-28(2)3)53-45(62)64-26-29-13-16-31(17-14-29)52-39(58)12-9-10-21-51-44(50)61/h13-14,16-17,19-20,23,28,33-36,38,40-41,56H,8-12,15,18,21-22,24-27H2,1-7H3,(H,52,58)(H,53,62)(H,54,59)(H3,50,51,61)/t33-,34?,35-,36-,38+,40?,41?,47-,48-,49+/m0/s1. The number of hydrogen-bond donors (Lipinski definition) is 6. The Morgan fingerprint density at radius 2 is 1.77 bits per heavy atom. The zero-order valence-corrected chi connectivity index (χ0v) is 39.4. The zero-order valence-electron chi connectivity index (χ0n) is 39.4. The number of nitrogens with one attached hydrogen (secondary N) is 4. The summed E-state index contributed by atoms with van der Waals surface area (Å²) in [5.41, 5.74) is 2.77. The third-order valence-electron chi connectivity index (χ3n) is 14.6. The molecule has 1 heterocycles. The minimum Gasteiger partial charge on any atom is -0.456 e. The highest BCUT2D eigenvalue weighted by Gasteiger charge is 2.76. The minimum atomic E-state index is -1.62. The number of esters is 1. The molecule has 0 aromatic heterocycles. The van der Waals surface area contributed by atoms with E-state index in [9.17, 15) is 38.7 Å². The highest BCUT2D eigenvalue weighted by Crippen LogP contribution is 2.69. The van der Waals surface area contributed by atoms with E-state index in [-0.39, 0.29) is 61.2 Å².